The monoisotopic (exact) mass is 258 g/mol. The van der Waals surface area contributed by atoms with Gasteiger partial charge in [0.15, 0.2) is 0 Å². The number of hydrogen-bond acceptors (Lipinski definition) is 2. The van der Waals surface area contributed by atoms with Crippen LogP contribution in [0.5, 0.6) is 0 Å². The summed E-state index contributed by atoms with van der Waals surface area (Å²) in [6.45, 7) is 0.667. The van der Waals surface area contributed by atoms with Crippen LogP contribution in [-0.2, 0) is 6.54 Å². The zero-order valence-electron chi connectivity index (χ0n) is 10.6. The van der Waals surface area contributed by atoms with Crippen molar-refractivity contribution >= 4 is 11.6 Å². The van der Waals surface area contributed by atoms with Gasteiger partial charge in [-0.05, 0) is 42.9 Å². The predicted molar refractivity (Wildman–Crippen MR) is 73.6 cm³/mol. The molecule has 2 N–H and O–H groups in total. The van der Waals surface area contributed by atoms with E-state index in [0.717, 1.165) is 11.3 Å². The molecule has 0 atom stereocenters. The number of amides is 1. The molecule has 0 radical (unpaired) electrons. The Morgan fingerprint density at radius 1 is 1.11 bits per heavy atom. The number of anilines is 1. The number of hydrogen-bond donors (Lipinski definition) is 2. The van der Waals surface area contributed by atoms with Crippen LogP contribution in [0.3, 0.4) is 0 Å². The maximum Gasteiger partial charge on any atom is 0.255 e. The molecule has 2 aromatic rings. The highest BCUT2D eigenvalue weighted by molar-refractivity contribution is 6.04. The third-order valence-electron chi connectivity index (χ3n) is 2.74. The topological polar surface area (TPSA) is 41.1 Å². The Labute approximate surface area is 111 Å². The van der Waals surface area contributed by atoms with Crippen molar-refractivity contribution in [2.45, 2.75) is 6.54 Å². The van der Waals surface area contributed by atoms with Crippen LogP contribution in [0.1, 0.15) is 15.9 Å². The lowest BCUT2D eigenvalue weighted by Gasteiger charge is -2.10. The summed E-state index contributed by atoms with van der Waals surface area (Å²) >= 11 is 0. The Morgan fingerprint density at radius 2 is 1.79 bits per heavy atom. The number of benzene rings is 2. The summed E-state index contributed by atoms with van der Waals surface area (Å²) in [5.74, 6) is -0.601. The van der Waals surface area contributed by atoms with Crippen molar-refractivity contribution in [1.29, 1.82) is 0 Å². The second-order valence-electron chi connectivity index (χ2n) is 4.15. The minimum atomic E-state index is -0.355. The van der Waals surface area contributed by atoms with E-state index in [0.29, 0.717) is 12.1 Å². The molecule has 0 saturated carbocycles. The number of carbonyl (C=O) groups is 1. The van der Waals surface area contributed by atoms with Crippen LogP contribution in [0.4, 0.5) is 10.1 Å². The lowest BCUT2D eigenvalue weighted by atomic mass is 10.1. The SMILES string of the molecule is CNCc1ccccc1NC(=O)c1ccc(F)cc1. The average Bonchev–Trinajstić information content (AvgIpc) is 2.42. The molecular formula is C15H15FN2O. The van der Waals surface area contributed by atoms with E-state index in [9.17, 15) is 9.18 Å². The molecule has 2 aromatic carbocycles. The Bertz CT molecular complexity index is 567. The van der Waals surface area contributed by atoms with Crippen molar-refractivity contribution in [3.8, 4) is 0 Å². The fraction of sp³-hybridized carbons (Fsp3) is 0.133. The minimum absolute atomic E-state index is 0.247. The minimum Gasteiger partial charge on any atom is -0.322 e. The van der Waals surface area contributed by atoms with Crippen molar-refractivity contribution in [3.63, 3.8) is 0 Å². The van der Waals surface area contributed by atoms with Gasteiger partial charge in [0.25, 0.3) is 5.91 Å². The highest BCUT2D eigenvalue weighted by atomic mass is 19.1. The summed E-state index contributed by atoms with van der Waals surface area (Å²) in [5.41, 5.74) is 2.19. The number of nitrogens with one attached hydrogen (secondary N) is 2. The normalized spacial score (nSPS) is 10.2. The standard InChI is InChI=1S/C15H15FN2O/c1-17-10-12-4-2-3-5-14(12)18-15(19)11-6-8-13(16)9-7-11/h2-9,17H,10H2,1H3,(H,18,19). The molecule has 0 aliphatic rings. The van der Waals surface area contributed by atoms with E-state index in [1.165, 1.54) is 24.3 Å². The van der Waals surface area contributed by atoms with Crippen LogP contribution in [0.15, 0.2) is 48.5 Å². The van der Waals surface area contributed by atoms with Crippen molar-refractivity contribution in [1.82, 2.24) is 5.32 Å². The zero-order chi connectivity index (χ0) is 13.7. The molecule has 0 unspecified atom stereocenters. The Morgan fingerprint density at radius 3 is 2.47 bits per heavy atom. The van der Waals surface area contributed by atoms with Crippen molar-refractivity contribution in [3.05, 3.63) is 65.5 Å². The van der Waals surface area contributed by atoms with Crippen LogP contribution in [0.25, 0.3) is 0 Å². The van der Waals surface area contributed by atoms with Gasteiger partial charge in [0.2, 0.25) is 0 Å². The van der Waals surface area contributed by atoms with Gasteiger partial charge in [0.05, 0.1) is 0 Å². The largest absolute Gasteiger partial charge is 0.322 e. The van der Waals surface area contributed by atoms with Crippen LogP contribution < -0.4 is 10.6 Å². The van der Waals surface area contributed by atoms with Crippen LogP contribution in [0, 0.1) is 5.82 Å². The number of carbonyl (C=O) groups excluding carboxylic acids is 1. The number of halogens is 1. The third kappa shape index (κ3) is 3.39. The first-order valence-electron chi connectivity index (χ1n) is 6.00. The van der Waals surface area contributed by atoms with Gasteiger partial charge in [-0.15, -0.1) is 0 Å². The maximum absolute atomic E-state index is 12.8. The zero-order valence-corrected chi connectivity index (χ0v) is 10.6. The molecule has 3 nitrogen and oxygen atoms in total. The van der Waals surface area contributed by atoms with Crippen molar-refractivity contribution in [2.75, 3.05) is 12.4 Å². The average molecular weight is 258 g/mol. The second-order valence-corrected chi connectivity index (χ2v) is 4.15. The highest BCUT2D eigenvalue weighted by Gasteiger charge is 2.08. The predicted octanol–water partition coefficient (Wildman–Crippen LogP) is 2.80. The van der Waals surface area contributed by atoms with E-state index in [-0.39, 0.29) is 11.7 Å². The fourth-order valence-corrected chi connectivity index (χ4v) is 1.78. The maximum atomic E-state index is 12.8. The summed E-state index contributed by atoms with van der Waals surface area (Å²) in [5, 5.41) is 5.87. The molecule has 4 heteroatoms. The van der Waals surface area contributed by atoms with Gasteiger partial charge < -0.3 is 10.6 Å². The lowest BCUT2D eigenvalue weighted by Crippen LogP contribution is -2.15. The van der Waals surface area contributed by atoms with Gasteiger partial charge in [-0.2, -0.15) is 0 Å². The molecule has 1 amide bonds. The lowest BCUT2D eigenvalue weighted by molar-refractivity contribution is 0.102. The summed E-state index contributed by atoms with van der Waals surface area (Å²) in [6.07, 6.45) is 0. The number of para-hydroxylation sites is 1. The quantitative estimate of drug-likeness (QED) is 0.885. The molecule has 0 fully saturated rings. The van der Waals surface area contributed by atoms with E-state index < -0.39 is 0 Å². The van der Waals surface area contributed by atoms with Gasteiger partial charge in [0, 0.05) is 17.8 Å². The van der Waals surface area contributed by atoms with E-state index in [2.05, 4.69) is 10.6 Å². The van der Waals surface area contributed by atoms with Gasteiger partial charge in [0.1, 0.15) is 5.82 Å². The molecule has 0 spiro atoms. The molecule has 0 aliphatic carbocycles. The van der Waals surface area contributed by atoms with Crippen LogP contribution in [0.2, 0.25) is 0 Å². The molecule has 0 aliphatic heterocycles. The molecular weight excluding hydrogens is 243 g/mol. The van der Waals surface area contributed by atoms with Gasteiger partial charge in [-0.1, -0.05) is 18.2 Å². The Hall–Kier alpha value is -2.20. The van der Waals surface area contributed by atoms with Gasteiger partial charge in [-0.3, -0.25) is 4.79 Å². The molecule has 19 heavy (non-hydrogen) atoms. The third-order valence-corrected chi connectivity index (χ3v) is 2.74. The summed E-state index contributed by atoms with van der Waals surface area (Å²) in [4.78, 5) is 12.0. The van der Waals surface area contributed by atoms with Gasteiger partial charge >= 0.3 is 0 Å². The molecule has 0 bridgehead atoms. The highest BCUT2D eigenvalue weighted by Crippen LogP contribution is 2.16. The molecule has 0 aromatic heterocycles. The summed E-state index contributed by atoms with van der Waals surface area (Å²) in [6, 6.07) is 13.0. The molecule has 0 saturated heterocycles. The Balaban J connectivity index is 2.16. The summed E-state index contributed by atoms with van der Waals surface area (Å²) < 4.78 is 12.8. The van der Waals surface area contributed by atoms with Crippen LogP contribution in [-0.4, -0.2) is 13.0 Å². The molecule has 0 heterocycles. The van der Waals surface area contributed by atoms with E-state index in [1.54, 1.807) is 0 Å². The molecule has 98 valence electrons. The van der Waals surface area contributed by atoms with Crippen molar-refractivity contribution < 1.29 is 9.18 Å². The second kappa shape index (κ2) is 6.11. The van der Waals surface area contributed by atoms with E-state index in [1.807, 2.05) is 31.3 Å². The van der Waals surface area contributed by atoms with Crippen LogP contribution >= 0.6 is 0 Å². The van der Waals surface area contributed by atoms with Gasteiger partial charge in [-0.25, -0.2) is 4.39 Å². The van der Waals surface area contributed by atoms with E-state index in [4.69, 9.17) is 0 Å². The number of rotatable bonds is 4. The summed E-state index contributed by atoms with van der Waals surface area (Å²) in [7, 11) is 1.85. The van der Waals surface area contributed by atoms with Crippen molar-refractivity contribution in [2.24, 2.45) is 0 Å². The molecule has 2 rings (SSSR count). The van der Waals surface area contributed by atoms with E-state index >= 15 is 0 Å². The first kappa shape index (κ1) is 13.2. The Kier molecular flexibility index (Phi) is 4.26. The first-order valence-corrected chi connectivity index (χ1v) is 6.00. The first-order chi connectivity index (χ1) is 9.20. The smallest absolute Gasteiger partial charge is 0.255 e. The fourth-order valence-electron chi connectivity index (χ4n) is 1.78.